The predicted molar refractivity (Wildman–Crippen MR) is 114 cm³/mol. The number of sulfonamides is 1. The molecule has 0 atom stereocenters. The van der Waals surface area contributed by atoms with Gasteiger partial charge in [-0.15, -0.1) is 0 Å². The summed E-state index contributed by atoms with van der Waals surface area (Å²) in [5.74, 6) is -0.493. The van der Waals surface area contributed by atoms with Crippen molar-refractivity contribution in [3.05, 3.63) is 91.2 Å². The standard InChI is InChI=1S/C18H14BrN5O5S/c19-13-3-1-2-11(8-13)9-21-23-16(25)12-4-6-14(7-5-12)24-30(28,29)15-10-20-18(27)22-17(15)26/h1-10,24H,(H,23,25)(H2,20,22,26,27)/b21-9+. The highest BCUT2D eigenvalue weighted by Gasteiger charge is 2.19. The van der Waals surface area contributed by atoms with E-state index in [1.54, 1.807) is 0 Å². The molecule has 0 radical (unpaired) electrons. The summed E-state index contributed by atoms with van der Waals surface area (Å²) in [4.78, 5) is 38.1. The third-order valence-electron chi connectivity index (χ3n) is 3.70. The van der Waals surface area contributed by atoms with E-state index in [0.29, 0.717) is 0 Å². The topological polar surface area (TPSA) is 153 Å². The Hall–Kier alpha value is -3.51. The Bertz CT molecular complexity index is 1330. The van der Waals surface area contributed by atoms with Gasteiger partial charge in [0.05, 0.1) is 6.21 Å². The molecule has 0 bridgehead atoms. The Balaban J connectivity index is 1.67. The number of aromatic amines is 2. The van der Waals surface area contributed by atoms with Gasteiger partial charge in [-0.25, -0.2) is 18.6 Å². The summed E-state index contributed by atoms with van der Waals surface area (Å²) in [6.45, 7) is 0. The summed E-state index contributed by atoms with van der Waals surface area (Å²) < 4.78 is 27.7. The van der Waals surface area contributed by atoms with Crippen molar-refractivity contribution < 1.29 is 13.2 Å². The van der Waals surface area contributed by atoms with Gasteiger partial charge in [0.1, 0.15) is 0 Å². The highest BCUT2D eigenvalue weighted by molar-refractivity contribution is 9.10. The highest BCUT2D eigenvalue weighted by atomic mass is 79.9. The molecule has 0 aliphatic carbocycles. The molecule has 30 heavy (non-hydrogen) atoms. The molecular weight excluding hydrogens is 478 g/mol. The van der Waals surface area contributed by atoms with E-state index in [0.717, 1.165) is 16.2 Å². The van der Waals surface area contributed by atoms with Crippen LogP contribution in [0.2, 0.25) is 0 Å². The Morgan fingerprint density at radius 2 is 1.83 bits per heavy atom. The van der Waals surface area contributed by atoms with E-state index < -0.39 is 32.1 Å². The maximum Gasteiger partial charge on any atom is 0.325 e. The number of nitrogens with zero attached hydrogens (tertiary/aromatic N) is 1. The van der Waals surface area contributed by atoms with Crippen molar-refractivity contribution in [2.45, 2.75) is 4.90 Å². The van der Waals surface area contributed by atoms with Crippen molar-refractivity contribution in [2.24, 2.45) is 5.10 Å². The SMILES string of the molecule is O=C(N/N=C/c1cccc(Br)c1)c1ccc(NS(=O)(=O)c2c[nH]c(=O)[nH]c2=O)cc1. The van der Waals surface area contributed by atoms with Gasteiger partial charge in [0.25, 0.3) is 21.5 Å². The van der Waals surface area contributed by atoms with Crippen LogP contribution in [0, 0.1) is 0 Å². The zero-order valence-electron chi connectivity index (χ0n) is 15.0. The zero-order valence-corrected chi connectivity index (χ0v) is 17.5. The van der Waals surface area contributed by atoms with Crippen molar-refractivity contribution in [2.75, 3.05) is 4.72 Å². The number of amides is 1. The van der Waals surface area contributed by atoms with E-state index in [1.165, 1.54) is 30.5 Å². The Morgan fingerprint density at radius 3 is 2.50 bits per heavy atom. The monoisotopic (exact) mass is 491 g/mol. The smallest absolute Gasteiger partial charge is 0.313 e. The molecule has 0 spiro atoms. The van der Waals surface area contributed by atoms with Crippen LogP contribution in [0.4, 0.5) is 5.69 Å². The summed E-state index contributed by atoms with van der Waals surface area (Å²) in [6, 6.07) is 12.8. The number of anilines is 1. The second-order valence-electron chi connectivity index (χ2n) is 5.87. The lowest BCUT2D eigenvalue weighted by molar-refractivity contribution is 0.0955. The third kappa shape index (κ3) is 5.30. The van der Waals surface area contributed by atoms with Gasteiger partial charge in [-0.05, 0) is 42.0 Å². The minimum absolute atomic E-state index is 0.120. The average molecular weight is 492 g/mol. The van der Waals surface area contributed by atoms with Crippen molar-refractivity contribution >= 4 is 43.8 Å². The van der Waals surface area contributed by atoms with E-state index in [-0.39, 0.29) is 11.3 Å². The second-order valence-corrected chi connectivity index (χ2v) is 8.44. The number of hydrogen-bond donors (Lipinski definition) is 4. The molecule has 4 N–H and O–H groups in total. The summed E-state index contributed by atoms with van der Waals surface area (Å²) in [7, 11) is -4.23. The van der Waals surface area contributed by atoms with Gasteiger partial charge in [0.2, 0.25) is 0 Å². The Morgan fingerprint density at radius 1 is 1.10 bits per heavy atom. The van der Waals surface area contributed by atoms with Crippen molar-refractivity contribution in [1.82, 2.24) is 15.4 Å². The molecule has 0 fully saturated rings. The van der Waals surface area contributed by atoms with Crippen LogP contribution < -0.4 is 21.4 Å². The molecule has 1 aromatic heterocycles. The molecule has 0 saturated carbocycles. The van der Waals surface area contributed by atoms with Gasteiger partial charge in [-0.2, -0.15) is 5.10 Å². The first kappa shape index (κ1) is 21.2. The number of hydrazone groups is 1. The van der Waals surface area contributed by atoms with Crippen LogP contribution in [0.1, 0.15) is 15.9 Å². The number of carbonyl (C=O) groups is 1. The summed E-state index contributed by atoms with van der Waals surface area (Å²) in [6.07, 6.45) is 2.28. The van der Waals surface area contributed by atoms with Gasteiger partial charge in [0.15, 0.2) is 4.90 Å². The predicted octanol–water partition coefficient (Wildman–Crippen LogP) is 1.39. The van der Waals surface area contributed by atoms with Gasteiger partial charge >= 0.3 is 5.69 Å². The number of halogens is 1. The number of aromatic nitrogens is 2. The van der Waals surface area contributed by atoms with Crippen LogP contribution in [0.5, 0.6) is 0 Å². The van der Waals surface area contributed by atoms with Crippen LogP contribution in [0.25, 0.3) is 0 Å². The fraction of sp³-hybridized carbons (Fsp3) is 0. The first-order chi connectivity index (χ1) is 14.2. The van der Waals surface area contributed by atoms with Gasteiger partial charge in [-0.1, -0.05) is 28.1 Å². The van der Waals surface area contributed by atoms with Crippen LogP contribution >= 0.6 is 15.9 Å². The second kappa shape index (κ2) is 8.88. The minimum Gasteiger partial charge on any atom is -0.313 e. The van der Waals surface area contributed by atoms with Crippen LogP contribution in [0.3, 0.4) is 0 Å². The maximum absolute atomic E-state index is 12.3. The van der Waals surface area contributed by atoms with Crippen LogP contribution in [-0.2, 0) is 10.0 Å². The Labute approximate surface area is 178 Å². The number of carbonyl (C=O) groups excluding carboxylic acids is 1. The first-order valence-corrected chi connectivity index (χ1v) is 10.6. The van der Waals surface area contributed by atoms with Gasteiger partial charge < -0.3 is 4.98 Å². The zero-order chi connectivity index (χ0) is 21.7. The molecule has 1 heterocycles. The molecule has 0 aliphatic rings. The van der Waals surface area contributed by atoms with E-state index in [9.17, 15) is 22.8 Å². The summed E-state index contributed by atoms with van der Waals surface area (Å²) in [5, 5.41) is 3.87. The number of hydrogen-bond acceptors (Lipinski definition) is 6. The highest BCUT2D eigenvalue weighted by Crippen LogP contribution is 2.14. The lowest BCUT2D eigenvalue weighted by Gasteiger charge is -2.07. The molecule has 10 nitrogen and oxygen atoms in total. The number of benzene rings is 2. The van der Waals surface area contributed by atoms with Crippen LogP contribution in [-0.4, -0.2) is 30.5 Å². The number of H-pyrrole nitrogens is 2. The fourth-order valence-electron chi connectivity index (χ4n) is 2.31. The summed E-state index contributed by atoms with van der Waals surface area (Å²) >= 11 is 3.34. The molecule has 0 aliphatic heterocycles. The maximum atomic E-state index is 12.3. The molecule has 12 heteroatoms. The number of nitrogens with one attached hydrogen (secondary N) is 4. The molecular formula is C18H14BrN5O5S. The molecule has 0 unspecified atom stereocenters. The molecule has 0 saturated heterocycles. The van der Waals surface area contributed by atoms with E-state index in [2.05, 4.69) is 36.2 Å². The molecule has 3 aromatic rings. The lowest BCUT2D eigenvalue weighted by Crippen LogP contribution is -2.29. The normalized spacial score (nSPS) is 11.4. The van der Waals surface area contributed by atoms with E-state index >= 15 is 0 Å². The average Bonchev–Trinajstić information content (AvgIpc) is 2.68. The fourth-order valence-corrected chi connectivity index (χ4v) is 3.80. The summed E-state index contributed by atoms with van der Waals surface area (Å²) in [5.41, 5.74) is 1.64. The van der Waals surface area contributed by atoms with Crippen LogP contribution in [0.15, 0.2) is 78.8 Å². The third-order valence-corrected chi connectivity index (χ3v) is 5.58. The minimum atomic E-state index is -4.23. The Kier molecular flexibility index (Phi) is 6.28. The first-order valence-electron chi connectivity index (χ1n) is 8.28. The lowest BCUT2D eigenvalue weighted by atomic mass is 10.2. The van der Waals surface area contributed by atoms with Crippen molar-refractivity contribution in [3.8, 4) is 0 Å². The largest absolute Gasteiger partial charge is 0.325 e. The van der Waals surface area contributed by atoms with Crippen molar-refractivity contribution in [1.29, 1.82) is 0 Å². The van der Waals surface area contributed by atoms with Gasteiger partial charge in [0, 0.05) is 21.9 Å². The van der Waals surface area contributed by atoms with E-state index in [1.807, 2.05) is 29.2 Å². The van der Waals surface area contributed by atoms with Crippen molar-refractivity contribution in [3.63, 3.8) is 0 Å². The van der Waals surface area contributed by atoms with Gasteiger partial charge in [-0.3, -0.25) is 19.3 Å². The molecule has 154 valence electrons. The molecule has 1 amide bonds. The molecule has 3 rings (SSSR count). The quantitative estimate of drug-likeness (QED) is 0.303. The van der Waals surface area contributed by atoms with E-state index in [4.69, 9.17) is 0 Å². The number of rotatable bonds is 6. The molecule has 2 aromatic carbocycles.